The number of nitrogens with one attached hydrogen (secondary N) is 2. The van der Waals surface area contributed by atoms with Crippen molar-refractivity contribution in [3.63, 3.8) is 0 Å². The van der Waals surface area contributed by atoms with E-state index in [-0.39, 0.29) is 5.91 Å². The molecule has 4 aromatic rings. The Labute approximate surface area is 145 Å². The summed E-state index contributed by atoms with van der Waals surface area (Å²) in [6, 6.07) is 17.8. The number of H-pyrrole nitrogens is 1. The topological polar surface area (TPSA) is 62.7 Å². The number of carbonyl (C=O) groups is 1. The largest absolute Gasteiger partial charge is 0.361 e. The molecule has 0 aliphatic rings. The number of para-hydroxylation sites is 1. The standard InChI is InChI=1S/C20H18N4O/c25-20(17-8-4-7-16-9-10-22-19(16)17)23-13-18-21-11-12-24(18)14-15-5-2-1-3-6-15/h1-12,22H,13-14H2,(H,23,25). The van der Waals surface area contributed by atoms with Crippen LogP contribution in [0, 0.1) is 0 Å². The number of amides is 1. The molecule has 2 N–H and O–H groups in total. The van der Waals surface area contributed by atoms with E-state index in [9.17, 15) is 4.79 Å². The smallest absolute Gasteiger partial charge is 0.253 e. The van der Waals surface area contributed by atoms with Crippen molar-refractivity contribution in [2.75, 3.05) is 0 Å². The molecule has 0 fully saturated rings. The number of nitrogens with zero attached hydrogens (tertiary/aromatic N) is 2. The number of hydrogen-bond donors (Lipinski definition) is 2. The van der Waals surface area contributed by atoms with E-state index < -0.39 is 0 Å². The molecule has 0 atom stereocenters. The monoisotopic (exact) mass is 330 g/mol. The molecule has 2 aromatic heterocycles. The van der Waals surface area contributed by atoms with E-state index in [4.69, 9.17) is 0 Å². The van der Waals surface area contributed by atoms with Crippen LogP contribution >= 0.6 is 0 Å². The predicted octanol–water partition coefficient (Wildman–Crippen LogP) is 3.34. The first kappa shape index (κ1) is 15.2. The zero-order chi connectivity index (χ0) is 17.1. The number of fused-ring (bicyclic) bond motifs is 1. The van der Waals surface area contributed by atoms with Crippen LogP contribution in [0.1, 0.15) is 21.7 Å². The SMILES string of the molecule is O=C(NCc1nccn1Cc1ccccc1)c1cccc2cc[nH]c12. The minimum absolute atomic E-state index is 0.109. The quantitative estimate of drug-likeness (QED) is 0.589. The predicted molar refractivity (Wildman–Crippen MR) is 97.2 cm³/mol. The minimum Gasteiger partial charge on any atom is -0.361 e. The molecule has 1 amide bonds. The highest BCUT2D eigenvalue weighted by atomic mass is 16.1. The van der Waals surface area contributed by atoms with Gasteiger partial charge in [-0.1, -0.05) is 42.5 Å². The van der Waals surface area contributed by atoms with Crippen LogP contribution in [-0.2, 0) is 13.1 Å². The lowest BCUT2D eigenvalue weighted by Crippen LogP contribution is -2.25. The van der Waals surface area contributed by atoms with Crippen molar-refractivity contribution in [1.29, 1.82) is 0 Å². The van der Waals surface area contributed by atoms with Crippen LogP contribution in [-0.4, -0.2) is 20.4 Å². The Morgan fingerprint density at radius 3 is 2.84 bits per heavy atom. The van der Waals surface area contributed by atoms with Gasteiger partial charge >= 0.3 is 0 Å². The van der Waals surface area contributed by atoms with E-state index >= 15 is 0 Å². The summed E-state index contributed by atoms with van der Waals surface area (Å²) < 4.78 is 2.05. The van der Waals surface area contributed by atoms with Gasteiger partial charge in [-0.3, -0.25) is 4.79 Å². The van der Waals surface area contributed by atoms with Gasteiger partial charge in [0.05, 0.1) is 17.6 Å². The summed E-state index contributed by atoms with van der Waals surface area (Å²) in [4.78, 5) is 20.0. The zero-order valence-corrected chi connectivity index (χ0v) is 13.6. The first-order valence-electron chi connectivity index (χ1n) is 8.19. The van der Waals surface area contributed by atoms with E-state index in [1.54, 1.807) is 6.20 Å². The summed E-state index contributed by atoms with van der Waals surface area (Å²) in [5.74, 6) is 0.721. The van der Waals surface area contributed by atoms with Gasteiger partial charge in [0.15, 0.2) is 0 Å². The number of rotatable bonds is 5. The van der Waals surface area contributed by atoms with Gasteiger partial charge in [-0.2, -0.15) is 0 Å². The lowest BCUT2D eigenvalue weighted by atomic mass is 10.1. The van der Waals surface area contributed by atoms with Crippen LogP contribution in [0.25, 0.3) is 10.9 Å². The highest BCUT2D eigenvalue weighted by molar-refractivity contribution is 6.05. The normalized spacial score (nSPS) is 10.9. The Balaban J connectivity index is 1.48. The molecule has 0 aliphatic heterocycles. The number of hydrogen-bond acceptors (Lipinski definition) is 2. The van der Waals surface area contributed by atoms with Crippen LogP contribution in [0.2, 0.25) is 0 Å². The van der Waals surface area contributed by atoms with E-state index in [0.717, 1.165) is 23.3 Å². The average molecular weight is 330 g/mol. The van der Waals surface area contributed by atoms with Crippen molar-refractivity contribution < 1.29 is 4.79 Å². The molecule has 5 heteroatoms. The van der Waals surface area contributed by atoms with Crippen LogP contribution in [0.5, 0.6) is 0 Å². The van der Waals surface area contributed by atoms with Gasteiger partial charge in [0.25, 0.3) is 5.91 Å². The fourth-order valence-electron chi connectivity index (χ4n) is 2.96. The van der Waals surface area contributed by atoms with Gasteiger partial charge in [0.1, 0.15) is 5.82 Å². The molecule has 0 saturated carbocycles. The highest BCUT2D eigenvalue weighted by Crippen LogP contribution is 2.17. The molecule has 2 heterocycles. The number of imidazole rings is 1. The lowest BCUT2D eigenvalue weighted by Gasteiger charge is -2.10. The highest BCUT2D eigenvalue weighted by Gasteiger charge is 2.12. The molecule has 0 saturated heterocycles. The molecule has 4 rings (SSSR count). The molecule has 0 bridgehead atoms. The molecule has 0 spiro atoms. The third kappa shape index (κ3) is 3.17. The Morgan fingerprint density at radius 1 is 1.08 bits per heavy atom. The summed E-state index contributed by atoms with van der Waals surface area (Å²) in [5, 5.41) is 3.99. The van der Waals surface area contributed by atoms with Crippen molar-refractivity contribution >= 4 is 16.8 Å². The zero-order valence-electron chi connectivity index (χ0n) is 13.6. The van der Waals surface area contributed by atoms with Crippen LogP contribution < -0.4 is 5.32 Å². The van der Waals surface area contributed by atoms with E-state index in [0.29, 0.717) is 12.1 Å². The molecular weight excluding hydrogens is 312 g/mol. The second-order valence-electron chi connectivity index (χ2n) is 5.89. The van der Waals surface area contributed by atoms with Crippen LogP contribution in [0.4, 0.5) is 0 Å². The van der Waals surface area contributed by atoms with Crippen molar-refractivity contribution in [2.24, 2.45) is 0 Å². The number of aromatic amines is 1. The van der Waals surface area contributed by atoms with E-state index in [1.807, 2.05) is 59.4 Å². The number of benzene rings is 2. The summed E-state index contributed by atoms with van der Waals surface area (Å²) in [7, 11) is 0. The van der Waals surface area contributed by atoms with Crippen LogP contribution in [0.15, 0.2) is 73.2 Å². The van der Waals surface area contributed by atoms with Gasteiger partial charge in [-0.25, -0.2) is 4.98 Å². The van der Waals surface area contributed by atoms with Gasteiger partial charge in [-0.05, 0) is 17.7 Å². The van der Waals surface area contributed by atoms with Gasteiger partial charge in [0, 0.05) is 30.5 Å². The van der Waals surface area contributed by atoms with Gasteiger partial charge < -0.3 is 14.9 Å². The first-order valence-corrected chi connectivity index (χ1v) is 8.19. The molecular formula is C20H18N4O. The third-order valence-electron chi connectivity index (χ3n) is 4.24. The Bertz CT molecular complexity index is 1000. The number of carbonyl (C=O) groups excluding carboxylic acids is 1. The molecule has 5 nitrogen and oxygen atoms in total. The maximum Gasteiger partial charge on any atom is 0.253 e. The maximum absolute atomic E-state index is 12.6. The average Bonchev–Trinajstić information content (AvgIpc) is 3.29. The molecule has 0 aliphatic carbocycles. The summed E-state index contributed by atoms with van der Waals surface area (Å²) >= 11 is 0. The molecule has 0 radical (unpaired) electrons. The minimum atomic E-state index is -0.109. The van der Waals surface area contributed by atoms with Crippen LogP contribution in [0.3, 0.4) is 0 Å². The van der Waals surface area contributed by atoms with Crippen molar-refractivity contribution in [1.82, 2.24) is 19.9 Å². The second kappa shape index (κ2) is 6.65. The fraction of sp³-hybridized carbons (Fsp3) is 0.100. The summed E-state index contributed by atoms with van der Waals surface area (Å²) in [6.45, 7) is 1.12. The third-order valence-corrected chi connectivity index (χ3v) is 4.24. The fourth-order valence-corrected chi connectivity index (χ4v) is 2.96. The molecule has 0 unspecified atom stereocenters. The van der Waals surface area contributed by atoms with E-state index in [1.165, 1.54) is 5.56 Å². The van der Waals surface area contributed by atoms with E-state index in [2.05, 4.69) is 27.4 Å². The Hall–Kier alpha value is -3.34. The lowest BCUT2D eigenvalue weighted by molar-refractivity contribution is 0.0951. The van der Waals surface area contributed by atoms with Crippen molar-refractivity contribution in [3.05, 3.63) is 90.1 Å². The molecule has 25 heavy (non-hydrogen) atoms. The Kier molecular flexibility index (Phi) is 4.04. The van der Waals surface area contributed by atoms with Crippen molar-refractivity contribution in [2.45, 2.75) is 13.1 Å². The summed E-state index contributed by atoms with van der Waals surface area (Å²) in [5.41, 5.74) is 2.69. The first-order chi connectivity index (χ1) is 12.3. The number of aromatic nitrogens is 3. The maximum atomic E-state index is 12.6. The van der Waals surface area contributed by atoms with Gasteiger partial charge in [-0.15, -0.1) is 0 Å². The molecule has 124 valence electrons. The Morgan fingerprint density at radius 2 is 1.96 bits per heavy atom. The molecule has 2 aromatic carbocycles. The van der Waals surface area contributed by atoms with Gasteiger partial charge in [0.2, 0.25) is 0 Å². The summed E-state index contributed by atoms with van der Waals surface area (Å²) in [6.07, 6.45) is 5.53. The van der Waals surface area contributed by atoms with Crippen molar-refractivity contribution in [3.8, 4) is 0 Å². The second-order valence-corrected chi connectivity index (χ2v) is 5.89.